The predicted molar refractivity (Wildman–Crippen MR) is 79.1 cm³/mol. The molecular formula is C14H19ClF2N2O3. The molecule has 124 valence electrons. The molecule has 0 aliphatic carbocycles. The smallest absolute Gasteiger partial charge is 0.237 e. The fraction of sp³-hybridized carbons (Fsp3) is 0.500. The first-order valence-corrected chi connectivity index (χ1v) is 6.83. The number of aliphatic hydroxyl groups is 1. The first-order chi connectivity index (χ1) is 10.1. The first-order valence-electron chi connectivity index (χ1n) is 6.83. The SMILES string of the molecule is Cl.O=C(NCC(O)COc1ccc(F)c(F)c1)C1CCCN1. The van der Waals surface area contributed by atoms with Gasteiger partial charge in [0.1, 0.15) is 18.5 Å². The van der Waals surface area contributed by atoms with Crippen molar-refractivity contribution in [2.24, 2.45) is 0 Å². The Labute approximate surface area is 133 Å². The predicted octanol–water partition coefficient (Wildman–Crippen LogP) is 0.994. The highest BCUT2D eigenvalue weighted by molar-refractivity contribution is 5.85. The Bertz CT molecular complexity index is 499. The molecule has 0 aromatic heterocycles. The Hall–Kier alpha value is -1.44. The highest BCUT2D eigenvalue weighted by Crippen LogP contribution is 2.15. The van der Waals surface area contributed by atoms with E-state index >= 15 is 0 Å². The van der Waals surface area contributed by atoms with E-state index in [1.54, 1.807) is 0 Å². The number of carbonyl (C=O) groups is 1. The average Bonchev–Trinajstić information content (AvgIpc) is 3.00. The van der Waals surface area contributed by atoms with Crippen molar-refractivity contribution >= 4 is 18.3 Å². The van der Waals surface area contributed by atoms with Gasteiger partial charge in [-0.3, -0.25) is 4.79 Å². The maximum absolute atomic E-state index is 12.9. The minimum Gasteiger partial charge on any atom is -0.491 e. The van der Waals surface area contributed by atoms with Crippen LogP contribution in [-0.2, 0) is 4.79 Å². The molecule has 3 N–H and O–H groups in total. The number of benzene rings is 1. The number of rotatable bonds is 6. The molecule has 1 aliphatic heterocycles. The van der Waals surface area contributed by atoms with Gasteiger partial charge < -0.3 is 20.5 Å². The minimum atomic E-state index is -1.01. The molecule has 2 rings (SSSR count). The second kappa shape index (κ2) is 8.87. The van der Waals surface area contributed by atoms with E-state index in [-0.39, 0.29) is 43.3 Å². The van der Waals surface area contributed by atoms with Crippen LogP contribution in [0.3, 0.4) is 0 Å². The van der Waals surface area contributed by atoms with Crippen LogP contribution >= 0.6 is 12.4 Å². The van der Waals surface area contributed by atoms with E-state index in [2.05, 4.69) is 10.6 Å². The van der Waals surface area contributed by atoms with Crippen LogP contribution in [0.2, 0.25) is 0 Å². The van der Waals surface area contributed by atoms with Crippen LogP contribution in [0.25, 0.3) is 0 Å². The Morgan fingerprint density at radius 1 is 1.45 bits per heavy atom. The van der Waals surface area contributed by atoms with E-state index in [0.717, 1.165) is 31.5 Å². The normalized spacial score (nSPS) is 18.4. The zero-order valence-electron chi connectivity index (χ0n) is 11.9. The topological polar surface area (TPSA) is 70.6 Å². The van der Waals surface area contributed by atoms with Crippen molar-refractivity contribution in [2.75, 3.05) is 19.7 Å². The fourth-order valence-corrected chi connectivity index (χ4v) is 2.07. The summed E-state index contributed by atoms with van der Waals surface area (Å²) in [6.45, 7) is 0.740. The lowest BCUT2D eigenvalue weighted by molar-refractivity contribution is -0.123. The van der Waals surface area contributed by atoms with Crippen molar-refractivity contribution in [3.05, 3.63) is 29.8 Å². The number of halogens is 3. The van der Waals surface area contributed by atoms with Gasteiger partial charge in [0.2, 0.25) is 5.91 Å². The standard InChI is InChI=1S/C14H18F2N2O3.ClH/c15-11-4-3-10(6-12(11)16)21-8-9(19)7-18-14(20)13-2-1-5-17-13;/h3-4,6,9,13,17,19H,1-2,5,7-8H2,(H,18,20);1H. The highest BCUT2D eigenvalue weighted by Gasteiger charge is 2.22. The summed E-state index contributed by atoms with van der Waals surface area (Å²) < 4.78 is 30.8. The third-order valence-electron chi connectivity index (χ3n) is 3.22. The second-order valence-electron chi connectivity index (χ2n) is 4.93. The van der Waals surface area contributed by atoms with Crippen LogP contribution in [0.15, 0.2) is 18.2 Å². The molecule has 22 heavy (non-hydrogen) atoms. The van der Waals surface area contributed by atoms with E-state index in [1.165, 1.54) is 6.07 Å². The second-order valence-corrected chi connectivity index (χ2v) is 4.93. The van der Waals surface area contributed by atoms with Crippen molar-refractivity contribution in [1.29, 1.82) is 0 Å². The van der Waals surface area contributed by atoms with E-state index in [4.69, 9.17) is 4.74 Å². The summed E-state index contributed by atoms with van der Waals surface area (Å²) in [5.41, 5.74) is 0. The van der Waals surface area contributed by atoms with Crippen LogP contribution < -0.4 is 15.4 Å². The van der Waals surface area contributed by atoms with Gasteiger partial charge in [0.25, 0.3) is 0 Å². The highest BCUT2D eigenvalue weighted by atomic mass is 35.5. The van der Waals surface area contributed by atoms with Crippen molar-refractivity contribution in [2.45, 2.75) is 25.0 Å². The lowest BCUT2D eigenvalue weighted by Gasteiger charge is -2.15. The zero-order valence-corrected chi connectivity index (χ0v) is 12.7. The van der Waals surface area contributed by atoms with E-state index in [1.807, 2.05) is 0 Å². The largest absolute Gasteiger partial charge is 0.491 e. The molecule has 1 saturated heterocycles. The van der Waals surface area contributed by atoms with E-state index < -0.39 is 17.7 Å². The van der Waals surface area contributed by atoms with Gasteiger partial charge in [0.15, 0.2) is 11.6 Å². The number of hydrogen-bond acceptors (Lipinski definition) is 4. The van der Waals surface area contributed by atoms with Gasteiger partial charge in [-0.05, 0) is 31.5 Å². The van der Waals surface area contributed by atoms with Crippen molar-refractivity contribution in [1.82, 2.24) is 10.6 Å². The summed E-state index contributed by atoms with van der Waals surface area (Å²) >= 11 is 0. The Balaban J connectivity index is 0.00000242. The molecule has 1 aliphatic rings. The molecule has 5 nitrogen and oxygen atoms in total. The van der Waals surface area contributed by atoms with E-state index in [0.29, 0.717) is 0 Å². The number of carbonyl (C=O) groups excluding carboxylic acids is 1. The van der Waals surface area contributed by atoms with Crippen molar-refractivity contribution < 1.29 is 23.4 Å². The maximum atomic E-state index is 12.9. The lowest BCUT2D eigenvalue weighted by Crippen LogP contribution is -2.44. The summed E-state index contributed by atoms with van der Waals surface area (Å²) in [6, 6.07) is 2.92. The van der Waals surface area contributed by atoms with Crippen LogP contribution in [0, 0.1) is 11.6 Å². The number of ether oxygens (including phenoxy) is 1. The quantitative estimate of drug-likeness (QED) is 0.724. The van der Waals surface area contributed by atoms with Crippen LogP contribution in [0.1, 0.15) is 12.8 Å². The van der Waals surface area contributed by atoms with Gasteiger partial charge in [-0.15, -0.1) is 12.4 Å². The summed E-state index contributed by atoms with van der Waals surface area (Å²) in [7, 11) is 0. The van der Waals surface area contributed by atoms with Crippen molar-refractivity contribution in [3.63, 3.8) is 0 Å². The fourth-order valence-electron chi connectivity index (χ4n) is 2.07. The monoisotopic (exact) mass is 336 g/mol. The summed E-state index contributed by atoms with van der Waals surface area (Å²) in [4.78, 5) is 11.7. The molecule has 1 aromatic carbocycles. The number of amides is 1. The molecule has 0 bridgehead atoms. The third-order valence-corrected chi connectivity index (χ3v) is 3.22. The van der Waals surface area contributed by atoms with Gasteiger partial charge in [0, 0.05) is 12.6 Å². The minimum absolute atomic E-state index is 0. The summed E-state index contributed by atoms with van der Waals surface area (Å²) in [5, 5.41) is 15.4. The van der Waals surface area contributed by atoms with Gasteiger partial charge in [-0.25, -0.2) is 8.78 Å². The van der Waals surface area contributed by atoms with Gasteiger partial charge in [-0.1, -0.05) is 0 Å². The lowest BCUT2D eigenvalue weighted by atomic mass is 10.2. The number of hydrogen-bond donors (Lipinski definition) is 3. The summed E-state index contributed by atoms with van der Waals surface area (Å²) in [5.74, 6) is -2.00. The van der Waals surface area contributed by atoms with Gasteiger partial charge >= 0.3 is 0 Å². The molecule has 1 amide bonds. The van der Waals surface area contributed by atoms with Crippen LogP contribution in [0.4, 0.5) is 8.78 Å². The molecule has 0 spiro atoms. The molecule has 0 saturated carbocycles. The first kappa shape index (κ1) is 18.6. The number of nitrogens with one attached hydrogen (secondary N) is 2. The van der Waals surface area contributed by atoms with Gasteiger partial charge in [-0.2, -0.15) is 0 Å². The van der Waals surface area contributed by atoms with E-state index in [9.17, 15) is 18.7 Å². The maximum Gasteiger partial charge on any atom is 0.237 e. The van der Waals surface area contributed by atoms with Crippen LogP contribution in [0.5, 0.6) is 5.75 Å². The summed E-state index contributed by atoms with van der Waals surface area (Å²) in [6.07, 6.45) is 0.816. The molecule has 2 atom stereocenters. The molecular weight excluding hydrogens is 318 g/mol. The molecule has 1 fully saturated rings. The Kier molecular flexibility index (Phi) is 7.50. The molecule has 1 aromatic rings. The molecule has 0 radical (unpaired) electrons. The van der Waals surface area contributed by atoms with Crippen molar-refractivity contribution in [3.8, 4) is 5.75 Å². The Morgan fingerprint density at radius 3 is 2.86 bits per heavy atom. The molecule has 2 unspecified atom stereocenters. The average molecular weight is 337 g/mol. The Morgan fingerprint density at radius 2 is 2.23 bits per heavy atom. The van der Waals surface area contributed by atoms with Crippen LogP contribution in [-0.4, -0.2) is 42.9 Å². The molecule has 1 heterocycles. The van der Waals surface area contributed by atoms with Gasteiger partial charge in [0.05, 0.1) is 6.04 Å². The number of aliphatic hydroxyl groups excluding tert-OH is 1. The molecule has 8 heteroatoms. The zero-order chi connectivity index (χ0) is 15.2. The third kappa shape index (κ3) is 5.40.